The van der Waals surface area contributed by atoms with Crippen LogP contribution in [-0.2, 0) is 0 Å². The van der Waals surface area contributed by atoms with Gasteiger partial charge in [-0.1, -0.05) is 52.4 Å². The molecule has 1 rings (SSSR count). The van der Waals surface area contributed by atoms with Crippen molar-refractivity contribution in [2.24, 2.45) is 11.7 Å². The quantitative estimate of drug-likeness (QED) is 0.700. The normalized spacial score (nSPS) is 30.7. The smallest absolute Gasteiger partial charge is 0.0356 e. The van der Waals surface area contributed by atoms with E-state index in [-0.39, 0.29) is 5.54 Å². The molecule has 1 aliphatic rings. The summed E-state index contributed by atoms with van der Waals surface area (Å²) in [4.78, 5) is 2.42. The fourth-order valence-electron chi connectivity index (χ4n) is 3.70. The lowest BCUT2D eigenvalue weighted by atomic mass is 9.70. The molecule has 0 aliphatic heterocycles. The Kier molecular flexibility index (Phi) is 6.65. The van der Waals surface area contributed by atoms with E-state index < -0.39 is 0 Å². The van der Waals surface area contributed by atoms with Gasteiger partial charge in [-0.3, -0.25) is 0 Å². The topological polar surface area (TPSA) is 29.3 Å². The Morgan fingerprint density at radius 2 is 2.00 bits per heavy atom. The van der Waals surface area contributed by atoms with Gasteiger partial charge < -0.3 is 10.6 Å². The van der Waals surface area contributed by atoms with E-state index in [2.05, 4.69) is 32.8 Å². The first-order chi connectivity index (χ1) is 8.53. The van der Waals surface area contributed by atoms with Crippen molar-refractivity contribution in [1.29, 1.82) is 0 Å². The van der Waals surface area contributed by atoms with E-state index in [1.807, 2.05) is 0 Å². The third-order valence-electron chi connectivity index (χ3n) is 4.96. The molecule has 18 heavy (non-hydrogen) atoms. The summed E-state index contributed by atoms with van der Waals surface area (Å²) in [5.74, 6) is 0.836. The van der Waals surface area contributed by atoms with E-state index in [0.717, 1.165) is 5.92 Å². The fraction of sp³-hybridized carbons (Fsp3) is 1.00. The van der Waals surface area contributed by atoms with Crippen LogP contribution in [0.5, 0.6) is 0 Å². The fourth-order valence-corrected chi connectivity index (χ4v) is 3.70. The lowest BCUT2D eigenvalue weighted by Crippen LogP contribution is -2.59. The van der Waals surface area contributed by atoms with Gasteiger partial charge in [0, 0.05) is 11.6 Å². The molecule has 3 atom stereocenters. The van der Waals surface area contributed by atoms with Crippen molar-refractivity contribution >= 4 is 0 Å². The Labute approximate surface area is 114 Å². The second kappa shape index (κ2) is 7.49. The van der Waals surface area contributed by atoms with E-state index >= 15 is 0 Å². The summed E-state index contributed by atoms with van der Waals surface area (Å²) in [7, 11) is 4.45. The van der Waals surface area contributed by atoms with Crippen LogP contribution in [0.1, 0.15) is 71.6 Å². The van der Waals surface area contributed by atoms with Crippen LogP contribution >= 0.6 is 0 Å². The summed E-state index contributed by atoms with van der Waals surface area (Å²) in [6.45, 7) is 4.66. The molecule has 2 heteroatoms. The van der Waals surface area contributed by atoms with Gasteiger partial charge in [-0.15, -0.1) is 0 Å². The average molecular weight is 254 g/mol. The van der Waals surface area contributed by atoms with Gasteiger partial charge in [-0.25, -0.2) is 0 Å². The number of hydrogen-bond donors (Lipinski definition) is 1. The van der Waals surface area contributed by atoms with Gasteiger partial charge >= 0.3 is 0 Å². The molecule has 2 nitrogen and oxygen atoms in total. The second-order valence-electron chi connectivity index (χ2n) is 6.66. The summed E-state index contributed by atoms with van der Waals surface area (Å²) in [6, 6.07) is 0.354. The van der Waals surface area contributed by atoms with Gasteiger partial charge in [0.1, 0.15) is 0 Å². The Balaban J connectivity index is 2.54. The molecule has 0 aromatic rings. The highest BCUT2D eigenvalue weighted by atomic mass is 15.2. The van der Waals surface area contributed by atoms with Crippen LogP contribution < -0.4 is 5.73 Å². The minimum absolute atomic E-state index is 0.268. The lowest BCUT2D eigenvalue weighted by Gasteiger charge is -2.49. The second-order valence-corrected chi connectivity index (χ2v) is 6.66. The summed E-state index contributed by atoms with van der Waals surface area (Å²) < 4.78 is 0. The predicted molar refractivity (Wildman–Crippen MR) is 80.8 cm³/mol. The van der Waals surface area contributed by atoms with Crippen LogP contribution in [-0.4, -0.2) is 30.6 Å². The number of nitrogens with two attached hydrogens (primary N) is 1. The Morgan fingerprint density at radius 1 is 1.28 bits per heavy atom. The van der Waals surface area contributed by atoms with Gasteiger partial charge in [0.25, 0.3) is 0 Å². The van der Waals surface area contributed by atoms with Crippen LogP contribution in [0.15, 0.2) is 0 Å². The minimum Gasteiger partial charge on any atom is -0.326 e. The number of unbranched alkanes of at least 4 members (excludes halogenated alkanes) is 3. The zero-order valence-electron chi connectivity index (χ0n) is 13.0. The highest BCUT2D eigenvalue weighted by molar-refractivity contribution is 5.00. The first-order valence-corrected chi connectivity index (χ1v) is 7.96. The highest BCUT2D eigenvalue weighted by Gasteiger charge is 2.41. The first kappa shape index (κ1) is 16.0. The lowest BCUT2D eigenvalue weighted by molar-refractivity contribution is 0.0468. The number of hydrogen-bond acceptors (Lipinski definition) is 2. The van der Waals surface area contributed by atoms with Crippen molar-refractivity contribution in [2.75, 3.05) is 14.1 Å². The molecule has 0 spiro atoms. The SMILES string of the molecule is CCCCCCC(N)C1(N(C)C)CCCC(C)C1. The average Bonchev–Trinajstić information content (AvgIpc) is 2.34. The van der Waals surface area contributed by atoms with Crippen LogP contribution in [0.2, 0.25) is 0 Å². The third-order valence-corrected chi connectivity index (χ3v) is 4.96. The van der Waals surface area contributed by atoms with Crippen molar-refractivity contribution in [2.45, 2.75) is 83.2 Å². The van der Waals surface area contributed by atoms with Crippen LogP contribution in [0.4, 0.5) is 0 Å². The first-order valence-electron chi connectivity index (χ1n) is 7.96. The van der Waals surface area contributed by atoms with Gasteiger partial charge in [0.2, 0.25) is 0 Å². The molecule has 0 amide bonds. The molecule has 0 radical (unpaired) electrons. The van der Waals surface area contributed by atoms with Crippen molar-refractivity contribution in [3.63, 3.8) is 0 Å². The van der Waals surface area contributed by atoms with E-state index in [1.54, 1.807) is 0 Å². The predicted octanol–water partition coefficient (Wildman–Crippen LogP) is 3.79. The van der Waals surface area contributed by atoms with Gasteiger partial charge in [-0.2, -0.15) is 0 Å². The molecule has 1 saturated carbocycles. The van der Waals surface area contributed by atoms with Crippen molar-refractivity contribution < 1.29 is 0 Å². The number of nitrogens with zero attached hydrogens (tertiary/aromatic N) is 1. The summed E-state index contributed by atoms with van der Waals surface area (Å²) in [5, 5.41) is 0. The number of rotatable bonds is 7. The Bertz CT molecular complexity index is 227. The molecule has 0 saturated heterocycles. The van der Waals surface area contributed by atoms with Crippen molar-refractivity contribution in [3.05, 3.63) is 0 Å². The highest BCUT2D eigenvalue weighted by Crippen LogP contribution is 2.38. The van der Waals surface area contributed by atoms with E-state index in [0.29, 0.717) is 6.04 Å². The van der Waals surface area contributed by atoms with Crippen molar-refractivity contribution in [1.82, 2.24) is 4.90 Å². The monoisotopic (exact) mass is 254 g/mol. The summed E-state index contributed by atoms with van der Waals surface area (Å²) in [6.07, 6.45) is 11.8. The molecule has 1 fully saturated rings. The third kappa shape index (κ3) is 3.96. The summed E-state index contributed by atoms with van der Waals surface area (Å²) >= 11 is 0. The Hall–Kier alpha value is -0.0800. The van der Waals surface area contributed by atoms with E-state index in [9.17, 15) is 0 Å². The van der Waals surface area contributed by atoms with Crippen LogP contribution in [0.3, 0.4) is 0 Å². The van der Waals surface area contributed by atoms with Gasteiger partial charge in [-0.05, 0) is 39.3 Å². The maximum absolute atomic E-state index is 6.59. The molecule has 3 unspecified atom stereocenters. The molecule has 0 aromatic heterocycles. The van der Waals surface area contributed by atoms with Crippen molar-refractivity contribution in [3.8, 4) is 0 Å². The largest absolute Gasteiger partial charge is 0.326 e. The maximum Gasteiger partial charge on any atom is 0.0356 e. The number of likely N-dealkylation sites (N-methyl/N-ethyl adjacent to an activating group) is 1. The Morgan fingerprint density at radius 3 is 2.56 bits per heavy atom. The van der Waals surface area contributed by atoms with Gasteiger partial charge in [0.15, 0.2) is 0 Å². The van der Waals surface area contributed by atoms with Crippen LogP contribution in [0.25, 0.3) is 0 Å². The van der Waals surface area contributed by atoms with E-state index in [4.69, 9.17) is 5.73 Å². The zero-order valence-corrected chi connectivity index (χ0v) is 13.0. The van der Waals surface area contributed by atoms with Crippen LogP contribution in [0, 0.1) is 5.92 Å². The molecule has 0 bridgehead atoms. The molecular formula is C16H34N2. The summed E-state index contributed by atoms with van der Waals surface area (Å²) in [5.41, 5.74) is 6.85. The molecule has 0 aromatic carbocycles. The molecule has 2 N–H and O–H groups in total. The molecule has 0 heterocycles. The van der Waals surface area contributed by atoms with Gasteiger partial charge in [0.05, 0.1) is 0 Å². The molecule has 108 valence electrons. The van der Waals surface area contributed by atoms with E-state index in [1.165, 1.54) is 57.8 Å². The minimum atomic E-state index is 0.268. The maximum atomic E-state index is 6.59. The standard InChI is InChI=1S/C16H34N2/c1-5-6-7-8-11-15(17)16(18(3)4)12-9-10-14(2)13-16/h14-15H,5-13,17H2,1-4H3. The molecule has 1 aliphatic carbocycles. The zero-order chi connectivity index (χ0) is 13.6. The molecular weight excluding hydrogens is 220 g/mol.